The largest absolute Gasteiger partial charge is 0.352 e. The average molecular weight is 591 g/mol. The molecule has 0 fully saturated rings. The van der Waals surface area contributed by atoms with E-state index in [-0.39, 0.29) is 34.1 Å². The molecule has 0 aliphatic heterocycles. The summed E-state index contributed by atoms with van der Waals surface area (Å²) in [4.78, 5) is 28.8. The molecule has 0 saturated heterocycles. The van der Waals surface area contributed by atoms with Crippen molar-refractivity contribution in [3.8, 4) is 0 Å². The first-order valence-corrected chi connectivity index (χ1v) is 14.9. The summed E-state index contributed by atoms with van der Waals surface area (Å²) in [7, 11) is -4.19. The van der Waals surface area contributed by atoms with Gasteiger partial charge in [0.25, 0.3) is 10.0 Å². The maximum Gasteiger partial charge on any atom is 0.264 e. The maximum atomic E-state index is 14.0. The molecule has 2 amide bonds. The predicted octanol–water partition coefficient (Wildman–Crippen LogP) is 5.91. The summed E-state index contributed by atoms with van der Waals surface area (Å²) in [6, 6.07) is 20.4. The standard InChI is InChI=1S/C29H33Cl2N3O4S/c1-4-21(3)32-29(36)26(5-2)33(19-22-13-9-10-16-24(22)30)28(35)20-34(27-18-12-11-17-25(27)31)39(37,38)23-14-7-6-8-15-23/h6-18,21,26H,4-5,19-20H2,1-3H3,(H,32,36)/t21-,26+/m1/s1. The van der Waals surface area contributed by atoms with Crippen LogP contribution in [0.2, 0.25) is 10.0 Å². The van der Waals surface area contributed by atoms with Crippen molar-refractivity contribution >= 4 is 50.7 Å². The molecule has 3 rings (SSSR count). The van der Waals surface area contributed by atoms with Gasteiger partial charge in [-0.1, -0.05) is 85.6 Å². The molecule has 0 aliphatic carbocycles. The number of halogens is 2. The van der Waals surface area contributed by atoms with E-state index in [0.717, 1.165) is 10.7 Å². The van der Waals surface area contributed by atoms with Gasteiger partial charge in [-0.3, -0.25) is 13.9 Å². The molecular weight excluding hydrogens is 557 g/mol. The first kappa shape index (κ1) is 30.5. The van der Waals surface area contributed by atoms with Gasteiger partial charge in [0.15, 0.2) is 0 Å². The summed E-state index contributed by atoms with van der Waals surface area (Å²) in [5.41, 5.74) is 0.795. The first-order valence-electron chi connectivity index (χ1n) is 12.8. The fraction of sp³-hybridized carbons (Fsp3) is 0.310. The van der Waals surface area contributed by atoms with Gasteiger partial charge in [0.1, 0.15) is 12.6 Å². The molecule has 208 valence electrons. The van der Waals surface area contributed by atoms with E-state index in [1.807, 2.05) is 13.8 Å². The highest BCUT2D eigenvalue weighted by Gasteiger charge is 2.34. The van der Waals surface area contributed by atoms with E-state index < -0.39 is 28.5 Å². The van der Waals surface area contributed by atoms with E-state index in [1.54, 1.807) is 73.7 Å². The van der Waals surface area contributed by atoms with Crippen LogP contribution in [0.4, 0.5) is 5.69 Å². The normalized spacial score (nSPS) is 12.8. The Morgan fingerprint density at radius 2 is 1.44 bits per heavy atom. The molecule has 0 radical (unpaired) electrons. The number of sulfonamides is 1. The Balaban J connectivity index is 2.07. The first-order chi connectivity index (χ1) is 18.6. The number of anilines is 1. The number of nitrogens with zero attached hydrogens (tertiary/aromatic N) is 2. The number of nitrogens with one attached hydrogen (secondary N) is 1. The fourth-order valence-electron chi connectivity index (χ4n) is 4.06. The Labute approximate surface area is 240 Å². The fourth-order valence-corrected chi connectivity index (χ4v) is 6.00. The molecule has 3 aromatic carbocycles. The number of carbonyl (C=O) groups is 2. The summed E-state index contributed by atoms with van der Waals surface area (Å²) < 4.78 is 28.6. The van der Waals surface area contributed by atoms with Crippen LogP contribution in [0.5, 0.6) is 0 Å². The van der Waals surface area contributed by atoms with Crippen molar-refractivity contribution in [2.75, 3.05) is 10.8 Å². The molecule has 0 spiro atoms. The summed E-state index contributed by atoms with van der Waals surface area (Å²) in [5.74, 6) is -0.886. The van der Waals surface area contributed by atoms with Crippen LogP contribution in [0.25, 0.3) is 0 Å². The second-order valence-corrected chi connectivity index (χ2v) is 11.8. The number of amides is 2. The van der Waals surface area contributed by atoms with Crippen molar-refractivity contribution in [2.45, 2.75) is 57.1 Å². The second kappa shape index (κ2) is 13.8. The van der Waals surface area contributed by atoms with E-state index in [0.29, 0.717) is 17.0 Å². The van der Waals surface area contributed by atoms with E-state index >= 15 is 0 Å². The Morgan fingerprint density at radius 1 is 0.846 bits per heavy atom. The zero-order valence-corrected chi connectivity index (χ0v) is 24.5. The number of carbonyl (C=O) groups excluding carboxylic acids is 2. The Hall–Kier alpha value is -3.07. The predicted molar refractivity (Wildman–Crippen MR) is 156 cm³/mol. The summed E-state index contributed by atoms with van der Waals surface area (Å²) >= 11 is 12.8. The number of hydrogen-bond acceptors (Lipinski definition) is 4. The molecule has 0 saturated carbocycles. The van der Waals surface area contributed by atoms with E-state index in [9.17, 15) is 18.0 Å². The van der Waals surface area contributed by atoms with E-state index in [1.165, 1.54) is 17.0 Å². The van der Waals surface area contributed by atoms with Crippen molar-refractivity contribution in [1.82, 2.24) is 10.2 Å². The summed E-state index contributed by atoms with van der Waals surface area (Å²) in [5, 5.41) is 3.56. The van der Waals surface area contributed by atoms with Crippen LogP contribution < -0.4 is 9.62 Å². The number of hydrogen-bond donors (Lipinski definition) is 1. The van der Waals surface area contributed by atoms with E-state index in [4.69, 9.17) is 23.2 Å². The van der Waals surface area contributed by atoms with Crippen molar-refractivity contribution in [2.24, 2.45) is 0 Å². The third-order valence-corrected chi connectivity index (χ3v) is 8.88. The van der Waals surface area contributed by atoms with E-state index in [2.05, 4.69) is 5.32 Å². The van der Waals surface area contributed by atoms with Crippen LogP contribution in [0, 0.1) is 0 Å². The molecule has 3 aromatic rings. The van der Waals surface area contributed by atoms with Crippen molar-refractivity contribution in [3.63, 3.8) is 0 Å². The lowest BCUT2D eigenvalue weighted by Crippen LogP contribution is -2.53. The van der Waals surface area contributed by atoms with Gasteiger partial charge in [-0.2, -0.15) is 0 Å². The lowest BCUT2D eigenvalue weighted by atomic mass is 10.1. The number of benzene rings is 3. The van der Waals surface area contributed by atoms with Gasteiger partial charge in [0, 0.05) is 17.6 Å². The van der Waals surface area contributed by atoms with Crippen LogP contribution in [0.3, 0.4) is 0 Å². The van der Waals surface area contributed by atoms with Crippen LogP contribution in [-0.2, 0) is 26.2 Å². The third kappa shape index (κ3) is 7.53. The van der Waals surface area contributed by atoms with Crippen molar-refractivity contribution < 1.29 is 18.0 Å². The van der Waals surface area contributed by atoms with Gasteiger partial charge in [0.2, 0.25) is 11.8 Å². The SMILES string of the molecule is CC[C@@H](C)NC(=O)[C@H](CC)N(Cc1ccccc1Cl)C(=O)CN(c1ccccc1Cl)S(=O)(=O)c1ccccc1. The van der Waals surface area contributed by atoms with Gasteiger partial charge < -0.3 is 10.2 Å². The lowest BCUT2D eigenvalue weighted by molar-refractivity contribution is -0.140. The van der Waals surface area contributed by atoms with Gasteiger partial charge in [-0.15, -0.1) is 0 Å². The molecule has 0 unspecified atom stereocenters. The third-order valence-electron chi connectivity index (χ3n) is 6.42. The molecule has 0 heterocycles. The molecule has 39 heavy (non-hydrogen) atoms. The molecule has 7 nitrogen and oxygen atoms in total. The topological polar surface area (TPSA) is 86.8 Å². The van der Waals surface area contributed by atoms with Gasteiger partial charge in [-0.05, 0) is 55.7 Å². The molecule has 2 atom stereocenters. The molecule has 0 aromatic heterocycles. The lowest BCUT2D eigenvalue weighted by Gasteiger charge is -2.34. The molecule has 1 N–H and O–H groups in total. The van der Waals surface area contributed by atoms with Gasteiger partial charge in [0.05, 0.1) is 15.6 Å². The van der Waals surface area contributed by atoms with Crippen LogP contribution in [0.1, 0.15) is 39.2 Å². The minimum atomic E-state index is -4.19. The second-order valence-electron chi connectivity index (χ2n) is 9.13. The quantitative estimate of drug-likeness (QED) is 0.284. The zero-order chi connectivity index (χ0) is 28.6. The highest BCUT2D eigenvalue weighted by Crippen LogP contribution is 2.31. The monoisotopic (exact) mass is 589 g/mol. The molecule has 0 aliphatic rings. The average Bonchev–Trinajstić information content (AvgIpc) is 2.93. The highest BCUT2D eigenvalue weighted by molar-refractivity contribution is 7.92. The molecule has 0 bridgehead atoms. The van der Waals surface area contributed by atoms with Crippen LogP contribution in [0.15, 0.2) is 83.8 Å². The zero-order valence-electron chi connectivity index (χ0n) is 22.2. The minimum absolute atomic E-state index is 0.0110. The summed E-state index contributed by atoms with van der Waals surface area (Å²) in [6.45, 7) is 5.09. The Morgan fingerprint density at radius 3 is 2.03 bits per heavy atom. The number of para-hydroxylation sites is 1. The maximum absolute atomic E-state index is 14.0. The molecule has 10 heteroatoms. The van der Waals surface area contributed by atoms with Crippen molar-refractivity contribution in [1.29, 1.82) is 0 Å². The summed E-state index contributed by atoms with van der Waals surface area (Å²) in [6.07, 6.45) is 1.03. The Bertz CT molecular complexity index is 1390. The van der Waals surface area contributed by atoms with Gasteiger partial charge >= 0.3 is 0 Å². The molecular formula is C29H33Cl2N3O4S. The highest BCUT2D eigenvalue weighted by atomic mass is 35.5. The van der Waals surface area contributed by atoms with Crippen LogP contribution in [-0.4, -0.2) is 43.8 Å². The minimum Gasteiger partial charge on any atom is -0.352 e. The number of rotatable bonds is 12. The Kier molecular flexibility index (Phi) is 10.8. The van der Waals surface area contributed by atoms with Gasteiger partial charge in [-0.25, -0.2) is 8.42 Å². The smallest absolute Gasteiger partial charge is 0.264 e. The van der Waals surface area contributed by atoms with Crippen molar-refractivity contribution in [3.05, 3.63) is 94.5 Å². The van der Waals surface area contributed by atoms with Crippen LogP contribution >= 0.6 is 23.2 Å².